The molecule has 1 saturated heterocycles. The van der Waals surface area contributed by atoms with Gasteiger partial charge in [-0.05, 0) is 48.2 Å². The van der Waals surface area contributed by atoms with E-state index in [9.17, 15) is 9.59 Å². The molecule has 1 unspecified atom stereocenters. The Morgan fingerprint density at radius 3 is 2.30 bits per heavy atom. The molecule has 0 spiro atoms. The molecule has 1 atom stereocenters. The van der Waals surface area contributed by atoms with E-state index in [0.29, 0.717) is 12.2 Å². The van der Waals surface area contributed by atoms with Gasteiger partial charge in [-0.3, -0.25) is 9.59 Å². The fraction of sp³-hybridized carbons (Fsp3) is 0.364. The third kappa shape index (κ3) is 3.97. The summed E-state index contributed by atoms with van der Waals surface area (Å²) in [7, 11) is 1.60. The van der Waals surface area contributed by atoms with Crippen LogP contribution in [0.3, 0.4) is 0 Å². The van der Waals surface area contributed by atoms with Gasteiger partial charge in [0.25, 0.3) is 0 Å². The van der Waals surface area contributed by atoms with Crippen LogP contribution in [0.1, 0.15) is 31.4 Å². The fourth-order valence-electron chi connectivity index (χ4n) is 3.58. The van der Waals surface area contributed by atoms with Gasteiger partial charge in [0.2, 0.25) is 11.8 Å². The van der Waals surface area contributed by atoms with Crippen LogP contribution in [-0.4, -0.2) is 25.5 Å². The summed E-state index contributed by atoms with van der Waals surface area (Å²) in [6.07, 6.45) is 1.95. The van der Waals surface area contributed by atoms with E-state index in [-0.39, 0.29) is 24.2 Å². The average Bonchev–Trinajstić information content (AvgIpc) is 3.09. The minimum atomic E-state index is -0.353. The average molecular weight is 366 g/mol. The molecule has 0 aliphatic carbocycles. The Labute approximate surface area is 160 Å². The molecular formula is C22H26N2O3. The van der Waals surface area contributed by atoms with Gasteiger partial charge >= 0.3 is 0 Å². The SMILES string of the molecule is CCc1cccc(CC)c1N1CC(C(=O)Nc2ccc(OC)cc2)CC1=O. The second kappa shape index (κ2) is 8.25. The van der Waals surface area contributed by atoms with E-state index < -0.39 is 0 Å². The molecule has 5 nitrogen and oxygen atoms in total. The molecule has 142 valence electrons. The lowest BCUT2D eigenvalue weighted by molar-refractivity contribution is -0.122. The van der Waals surface area contributed by atoms with Crippen molar-refractivity contribution in [2.75, 3.05) is 23.9 Å². The topological polar surface area (TPSA) is 58.6 Å². The number of hydrogen-bond acceptors (Lipinski definition) is 3. The fourth-order valence-corrected chi connectivity index (χ4v) is 3.58. The Kier molecular flexibility index (Phi) is 5.79. The second-order valence-electron chi connectivity index (χ2n) is 6.76. The van der Waals surface area contributed by atoms with Crippen molar-refractivity contribution in [3.8, 4) is 5.75 Å². The number of benzene rings is 2. The van der Waals surface area contributed by atoms with Gasteiger partial charge in [-0.1, -0.05) is 32.0 Å². The molecule has 0 saturated carbocycles. The molecule has 1 aliphatic rings. The van der Waals surface area contributed by atoms with Crippen LogP contribution in [0.4, 0.5) is 11.4 Å². The first kappa shape index (κ1) is 19.0. The van der Waals surface area contributed by atoms with Crippen molar-refractivity contribution in [1.82, 2.24) is 0 Å². The molecule has 2 aromatic rings. The van der Waals surface area contributed by atoms with Crippen LogP contribution < -0.4 is 15.0 Å². The summed E-state index contributed by atoms with van der Waals surface area (Å²) in [5.74, 6) is 0.274. The number of aryl methyl sites for hydroxylation is 2. The van der Waals surface area contributed by atoms with E-state index in [1.165, 1.54) is 0 Å². The van der Waals surface area contributed by atoms with Crippen LogP contribution in [0.15, 0.2) is 42.5 Å². The van der Waals surface area contributed by atoms with Crippen LogP contribution >= 0.6 is 0 Å². The first-order chi connectivity index (χ1) is 13.1. The van der Waals surface area contributed by atoms with Crippen LogP contribution in [0.2, 0.25) is 0 Å². The van der Waals surface area contributed by atoms with Crippen molar-refractivity contribution in [1.29, 1.82) is 0 Å². The predicted octanol–water partition coefficient (Wildman–Crippen LogP) is 3.81. The Morgan fingerprint density at radius 2 is 1.74 bits per heavy atom. The van der Waals surface area contributed by atoms with Gasteiger partial charge in [-0.15, -0.1) is 0 Å². The molecule has 1 fully saturated rings. The first-order valence-electron chi connectivity index (χ1n) is 9.43. The van der Waals surface area contributed by atoms with Crippen molar-refractivity contribution in [2.45, 2.75) is 33.1 Å². The Bertz CT molecular complexity index is 808. The maximum Gasteiger partial charge on any atom is 0.229 e. The molecular weight excluding hydrogens is 340 g/mol. The molecule has 0 radical (unpaired) electrons. The maximum atomic E-state index is 12.7. The number of carbonyl (C=O) groups excluding carboxylic acids is 2. The lowest BCUT2D eigenvalue weighted by atomic mass is 10.0. The number of rotatable bonds is 6. The van der Waals surface area contributed by atoms with Gasteiger partial charge in [-0.25, -0.2) is 0 Å². The lowest BCUT2D eigenvalue weighted by Crippen LogP contribution is -2.29. The number of amides is 2. The maximum absolute atomic E-state index is 12.7. The number of ether oxygens (including phenoxy) is 1. The minimum Gasteiger partial charge on any atom is -0.497 e. The molecule has 27 heavy (non-hydrogen) atoms. The van der Waals surface area contributed by atoms with Crippen molar-refractivity contribution < 1.29 is 14.3 Å². The molecule has 1 N–H and O–H groups in total. The van der Waals surface area contributed by atoms with Crippen LogP contribution in [0, 0.1) is 5.92 Å². The van der Waals surface area contributed by atoms with Gasteiger partial charge in [0, 0.05) is 24.3 Å². The van der Waals surface area contributed by atoms with Gasteiger partial charge < -0.3 is 15.0 Å². The van der Waals surface area contributed by atoms with E-state index in [0.717, 1.165) is 35.4 Å². The minimum absolute atomic E-state index is 0.0143. The molecule has 0 bridgehead atoms. The molecule has 2 amide bonds. The van der Waals surface area contributed by atoms with Crippen molar-refractivity contribution in [3.05, 3.63) is 53.6 Å². The van der Waals surface area contributed by atoms with Gasteiger partial charge in [0.1, 0.15) is 5.75 Å². The number of nitrogens with one attached hydrogen (secondary N) is 1. The summed E-state index contributed by atoms with van der Waals surface area (Å²) in [5, 5.41) is 2.91. The number of anilines is 2. The standard InChI is InChI=1S/C22H26N2O3/c1-4-15-7-6-8-16(5-2)21(15)24-14-17(13-20(24)25)22(26)23-18-9-11-19(27-3)12-10-18/h6-12,17H,4-5,13-14H2,1-3H3,(H,23,26). The number of para-hydroxylation sites is 1. The molecule has 3 rings (SSSR count). The second-order valence-corrected chi connectivity index (χ2v) is 6.76. The Hall–Kier alpha value is -2.82. The third-order valence-corrected chi connectivity index (χ3v) is 5.09. The van der Waals surface area contributed by atoms with E-state index in [1.807, 2.05) is 6.07 Å². The summed E-state index contributed by atoms with van der Waals surface area (Å²) < 4.78 is 5.13. The first-order valence-corrected chi connectivity index (χ1v) is 9.43. The highest BCUT2D eigenvalue weighted by molar-refractivity contribution is 6.04. The van der Waals surface area contributed by atoms with Gasteiger partial charge in [0.05, 0.1) is 13.0 Å². The van der Waals surface area contributed by atoms with Crippen molar-refractivity contribution in [3.63, 3.8) is 0 Å². The molecule has 0 aromatic heterocycles. The number of nitrogens with zero attached hydrogens (tertiary/aromatic N) is 1. The van der Waals surface area contributed by atoms with E-state index in [4.69, 9.17) is 4.74 Å². The highest BCUT2D eigenvalue weighted by atomic mass is 16.5. The van der Waals surface area contributed by atoms with Crippen molar-refractivity contribution >= 4 is 23.2 Å². The molecule has 5 heteroatoms. The zero-order valence-electron chi connectivity index (χ0n) is 16.1. The summed E-state index contributed by atoms with van der Waals surface area (Å²) >= 11 is 0. The van der Waals surface area contributed by atoms with Gasteiger partial charge in [0.15, 0.2) is 0 Å². The third-order valence-electron chi connectivity index (χ3n) is 5.09. The molecule has 2 aromatic carbocycles. The summed E-state index contributed by atoms with van der Waals surface area (Å²) in [4.78, 5) is 27.2. The van der Waals surface area contributed by atoms with Crippen LogP contribution in [0.25, 0.3) is 0 Å². The Morgan fingerprint density at radius 1 is 1.11 bits per heavy atom. The highest BCUT2D eigenvalue weighted by Gasteiger charge is 2.36. The smallest absolute Gasteiger partial charge is 0.229 e. The highest BCUT2D eigenvalue weighted by Crippen LogP contribution is 2.32. The quantitative estimate of drug-likeness (QED) is 0.846. The largest absolute Gasteiger partial charge is 0.497 e. The summed E-state index contributed by atoms with van der Waals surface area (Å²) in [6.45, 7) is 4.60. The van der Waals surface area contributed by atoms with Crippen LogP contribution in [0.5, 0.6) is 5.75 Å². The molecule has 1 aliphatic heterocycles. The van der Waals surface area contributed by atoms with E-state index in [2.05, 4.69) is 31.3 Å². The lowest BCUT2D eigenvalue weighted by Gasteiger charge is -2.23. The van der Waals surface area contributed by atoms with Gasteiger partial charge in [-0.2, -0.15) is 0 Å². The molecule has 1 heterocycles. The number of carbonyl (C=O) groups is 2. The van der Waals surface area contributed by atoms with Crippen molar-refractivity contribution in [2.24, 2.45) is 5.92 Å². The normalized spacial score (nSPS) is 16.5. The Balaban J connectivity index is 1.76. The van der Waals surface area contributed by atoms with Crippen LogP contribution in [-0.2, 0) is 22.4 Å². The number of methoxy groups -OCH3 is 1. The zero-order valence-corrected chi connectivity index (χ0v) is 16.1. The monoisotopic (exact) mass is 366 g/mol. The zero-order chi connectivity index (χ0) is 19.4. The summed E-state index contributed by atoms with van der Waals surface area (Å²) in [6, 6.07) is 13.4. The number of hydrogen-bond donors (Lipinski definition) is 1. The van der Waals surface area contributed by atoms with E-state index >= 15 is 0 Å². The van der Waals surface area contributed by atoms with E-state index in [1.54, 1.807) is 36.3 Å². The summed E-state index contributed by atoms with van der Waals surface area (Å²) in [5.41, 5.74) is 4.00. The predicted molar refractivity (Wildman–Crippen MR) is 107 cm³/mol.